The molecule has 0 aromatic carbocycles. The van der Waals surface area contributed by atoms with Crippen molar-refractivity contribution in [3.8, 4) is 0 Å². The highest BCUT2D eigenvalue weighted by atomic mass is 127. The molecule has 5 heteroatoms. The Morgan fingerprint density at radius 1 is 1.50 bits per heavy atom. The van der Waals surface area contributed by atoms with Crippen molar-refractivity contribution in [2.24, 2.45) is 0 Å². The van der Waals surface area contributed by atoms with Crippen LogP contribution < -0.4 is 10.7 Å². The number of nitrogens with one attached hydrogen (secondary N) is 1. The van der Waals surface area contributed by atoms with E-state index in [1.165, 1.54) is 0 Å². The summed E-state index contributed by atoms with van der Waals surface area (Å²) in [6.07, 6.45) is 0. The van der Waals surface area contributed by atoms with E-state index in [-0.39, 0.29) is 5.56 Å². The molecule has 1 N–H and O–H groups in total. The Balaban J connectivity index is 3.33. The molecule has 3 nitrogen and oxygen atoms in total. The summed E-state index contributed by atoms with van der Waals surface area (Å²) in [6, 6.07) is 1.88. The zero-order valence-corrected chi connectivity index (χ0v) is 10.5. The zero-order chi connectivity index (χ0) is 9.35. The van der Waals surface area contributed by atoms with Gasteiger partial charge < -0.3 is 0 Å². The van der Waals surface area contributed by atoms with Crippen LogP contribution in [-0.4, -0.2) is 18.3 Å². The van der Waals surface area contributed by atoms with Crippen molar-refractivity contribution < 1.29 is 0 Å². The highest BCUT2D eigenvalue weighted by Gasteiger charge is 2.20. The second-order valence-corrected chi connectivity index (χ2v) is 9.83. The standard InChI is InChI=1S/C7H11IN2OSi/c1-12(2,3)5-4-6(8)9-10-7(5)11/h4H,1-3H3,(H,10,11). The van der Waals surface area contributed by atoms with Crippen molar-refractivity contribution in [3.63, 3.8) is 0 Å². The second-order valence-electron chi connectivity index (χ2n) is 3.68. The average molecular weight is 294 g/mol. The number of hydrogen-bond acceptors (Lipinski definition) is 2. The van der Waals surface area contributed by atoms with Gasteiger partial charge in [-0.15, -0.1) is 0 Å². The lowest BCUT2D eigenvalue weighted by atomic mass is 10.6. The van der Waals surface area contributed by atoms with Crippen molar-refractivity contribution in [2.75, 3.05) is 0 Å². The third-order valence-electron chi connectivity index (χ3n) is 1.58. The number of aromatic amines is 1. The van der Waals surface area contributed by atoms with Crippen LogP contribution >= 0.6 is 22.6 Å². The summed E-state index contributed by atoms with van der Waals surface area (Å²) >= 11 is 2.10. The minimum Gasteiger partial charge on any atom is -0.268 e. The molecule has 0 unspecified atom stereocenters. The largest absolute Gasteiger partial charge is 0.268 e. The summed E-state index contributed by atoms with van der Waals surface area (Å²) < 4.78 is 0.852. The van der Waals surface area contributed by atoms with Crippen LogP contribution in [0.2, 0.25) is 19.6 Å². The molecule has 12 heavy (non-hydrogen) atoms. The highest BCUT2D eigenvalue weighted by Crippen LogP contribution is 2.00. The molecule has 0 spiro atoms. The van der Waals surface area contributed by atoms with Crippen molar-refractivity contribution in [1.82, 2.24) is 10.2 Å². The van der Waals surface area contributed by atoms with Gasteiger partial charge in [-0.05, 0) is 28.7 Å². The first-order valence-electron chi connectivity index (χ1n) is 3.67. The molecule has 0 aliphatic carbocycles. The molecule has 1 rings (SSSR count). The summed E-state index contributed by atoms with van der Waals surface area (Å²) in [5, 5.41) is 7.24. The summed E-state index contributed by atoms with van der Waals surface area (Å²) in [5.41, 5.74) is -0.0328. The maximum absolute atomic E-state index is 11.3. The van der Waals surface area contributed by atoms with Crippen molar-refractivity contribution >= 4 is 35.9 Å². The normalized spacial score (nSPS) is 11.7. The van der Waals surface area contributed by atoms with E-state index < -0.39 is 8.07 Å². The van der Waals surface area contributed by atoms with Crippen LogP contribution in [0.1, 0.15) is 0 Å². The van der Waals surface area contributed by atoms with E-state index in [1.807, 2.05) is 6.07 Å². The highest BCUT2D eigenvalue weighted by molar-refractivity contribution is 14.1. The Bertz CT molecular complexity index is 342. The molecular formula is C7H11IN2OSi. The number of hydrogen-bond donors (Lipinski definition) is 1. The smallest absolute Gasteiger partial charge is 0.263 e. The molecule has 0 saturated heterocycles. The second kappa shape index (κ2) is 3.29. The van der Waals surface area contributed by atoms with Gasteiger partial charge in [0.15, 0.2) is 0 Å². The lowest BCUT2D eigenvalue weighted by molar-refractivity contribution is 0.972. The first kappa shape index (κ1) is 9.91. The fourth-order valence-corrected chi connectivity index (χ4v) is 2.97. The first-order chi connectivity index (χ1) is 5.41. The maximum Gasteiger partial charge on any atom is 0.263 e. The predicted octanol–water partition coefficient (Wildman–Crippen LogP) is 0.920. The van der Waals surface area contributed by atoms with Crippen molar-refractivity contribution in [2.45, 2.75) is 19.6 Å². The number of H-pyrrole nitrogens is 1. The fraction of sp³-hybridized carbons (Fsp3) is 0.429. The molecule has 0 aliphatic heterocycles. The van der Waals surface area contributed by atoms with E-state index in [0.717, 1.165) is 8.89 Å². The minimum absolute atomic E-state index is 0.0328. The molecule has 1 aromatic rings. The van der Waals surface area contributed by atoms with Crippen LogP contribution in [0.4, 0.5) is 0 Å². The van der Waals surface area contributed by atoms with Crippen LogP contribution in [0, 0.1) is 3.70 Å². The zero-order valence-electron chi connectivity index (χ0n) is 7.31. The Morgan fingerprint density at radius 2 is 2.08 bits per heavy atom. The van der Waals surface area contributed by atoms with Crippen LogP contribution in [0.5, 0.6) is 0 Å². The molecule has 0 atom stereocenters. The fourth-order valence-electron chi connectivity index (χ4n) is 0.938. The van der Waals surface area contributed by atoms with Gasteiger partial charge in [-0.3, -0.25) is 4.79 Å². The molecule has 0 radical (unpaired) electrons. The number of rotatable bonds is 1. The van der Waals surface area contributed by atoms with E-state index in [9.17, 15) is 4.79 Å². The summed E-state index contributed by atoms with van der Waals surface area (Å²) in [5.74, 6) is 0. The van der Waals surface area contributed by atoms with Gasteiger partial charge in [-0.2, -0.15) is 5.10 Å². The summed E-state index contributed by atoms with van der Waals surface area (Å²) in [4.78, 5) is 11.3. The first-order valence-corrected chi connectivity index (χ1v) is 8.25. The van der Waals surface area contributed by atoms with Gasteiger partial charge in [0.1, 0.15) is 3.70 Å². The molecule has 0 aliphatic rings. The SMILES string of the molecule is C[Si](C)(C)c1cc(I)n[nH]c1=O. The number of halogens is 1. The Morgan fingerprint density at radius 3 is 2.50 bits per heavy atom. The predicted molar refractivity (Wildman–Crippen MR) is 60.6 cm³/mol. The van der Waals surface area contributed by atoms with Crippen molar-refractivity contribution in [1.29, 1.82) is 0 Å². The lowest BCUT2D eigenvalue weighted by Gasteiger charge is -2.14. The van der Waals surface area contributed by atoms with E-state index in [0.29, 0.717) is 0 Å². The topological polar surface area (TPSA) is 45.8 Å². The van der Waals surface area contributed by atoms with Crippen LogP contribution in [-0.2, 0) is 0 Å². The van der Waals surface area contributed by atoms with Gasteiger partial charge in [0.2, 0.25) is 0 Å². The molecule has 1 heterocycles. The number of nitrogens with zero attached hydrogens (tertiary/aromatic N) is 1. The van der Waals surface area contributed by atoms with Gasteiger partial charge in [0.05, 0.1) is 8.07 Å². The quantitative estimate of drug-likeness (QED) is 0.618. The van der Waals surface area contributed by atoms with Gasteiger partial charge in [0.25, 0.3) is 5.56 Å². The average Bonchev–Trinajstić information content (AvgIpc) is 1.92. The lowest BCUT2D eigenvalue weighted by Crippen LogP contribution is -2.48. The molecule has 1 aromatic heterocycles. The van der Waals surface area contributed by atoms with Crippen LogP contribution in [0.3, 0.4) is 0 Å². The van der Waals surface area contributed by atoms with Gasteiger partial charge in [0, 0.05) is 5.19 Å². The molecule has 66 valence electrons. The Kier molecular flexibility index (Phi) is 2.72. The molecule has 0 amide bonds. The van der Waals surface area contributed by atoms with Gasteiger partial charge >= 0.3 is 0 Å². The van der Waals surface area contributed by atoms with Crippen LogP contribution in [0.15, 0.2) is 10.9 Å². The third kappa shape index (κ3) is 2.16. The molecule has 0 bridgehead atoms. The minimum atomic E-state index is -1.50. The Hall–Kier alpha value is -0.173. The van der Waals surface area contributed by atoms with Crippen molar-refractivity contribution in [3.05, 3.63) is 20.1 Å². The van der Waals surface area contributed by atoms with E-state index >= 15 is 0 Å². The molecule has 0 saturated carbocycles. The molecular weight excluding hydrogens is 283 g/mol. The van der Waals surface area contributed by atoms with E-state index in [4.69, 9.17) is 0 Å². The van der Waals surface area contributed by atoms with Gasteiger partial charge in [-0.1, -0.05) is 19.6 Å². The summed E-state index contributed by atoms with van der Waals surface area (Å²) in [7, 11) is -1.50. The van der Waals surface area contributed by atoms with E-state index in [1.54, 1.807) is 0 Å². The summed E-state index contributed by atoms with van der Waals surface area (Å²) in [6.45, 7) is 6.44. The molecule has 0 fully saturated rings. The van der Waals surface area contributed by atoms with E-state index in [2.05, 4.69) is 52.4 Å². The monoisotopic (exact) mass is 294 g/mol. The van der Waals surface area contributed by atoms with Gasteiger partial charge in [-0.25, -0.2) is 5.10 Å². The number of aromatic nitrogens is 2. The third-order valence-corrected chi connectivity index (χ3v) is 4.12. The Labute approximate surface area is 85.7 Å². The maximum atomic E-state index is 11.3. The van der Waals surface area contributed by atoms with Crippen LogP contribution in [0.25, 0.3) is 0 Å².